The molecule has 1 atom stereocenters. The summed E-state index contributed by atoms with van der Waals surface area (Å²) in [4.78, 5) is 22.0. The van der Waals surface area contributed by atoms with Crippen molar-refractivity contribution in [3.8, 4) is 0 Å². The van der Waals surface area contributed by atoms with Gasteiger partial charge in [-0.2, -0.15) is 4.98 Å². The van der Waals surface area contributed by atoms with Gasteiger partial charge in [0.1, 0.15) is 11.6 Å². The number of rotatable bonds is 6. The number of carbonyl (C=O) groups excluding carboxylic acids is 1. The lowest BCUT2D eigenvalue weighted by Crippen LogP contribution is -2.50. The summed E-state index contributed by atoms with van der Waals surface area (Å²) in [5.74, 6) is 2.64. The van der Waals surface area contributed by atoms with E-state index < -0.39 is 0 Å². The molecule has 3 aromatic rings. The largest absolute Gasteiger partial charge is 0.353 e. The summed E-state index contributed by atoms with van der Waals surface area (Å²) in [5.41, 5.74) is 2.27. The van der Waals surface area contributed by atoms with Crippen LogP contribution in [-0.4, -0.2) is 56.6 Å². The topological polar surface area (TPSA) is 66.6 Å². The summed E-state index contributed by atoms with van der Waals surface area (Å²) in [6, 6.07) is 12.2. The van der Waals surface area contributed by atoms with Gasteiger partial charge in [0.25, 0.3) is 5.78 Å². The zero-order chi connectivity index (χ0) is 21.1. The first-order chi connectivity index (χ1) is 14.6. The number of benzene rings is 1. The van der Waals surface area contributed by atoms with Gasteiger partial charge in [-0.1, -0.05) is 50.6 Å². The van der Waals surface area contributed by atoms with E-state index in [1.54, 1.807) is 0 Å². The van der Waals surface area contributed by atoms with E-state index in [9.17, 15) is 4.79 Å². The van der Waals surface area contributed by atoms with Crippen LogP contribution in [0.5, 0.6) is 0 Å². The van der Waals surface area contributed by atoms with Gasteiger partial charge in [0.2, 0.25) is 5.91 Å². The molecule has 7 heteroatoms. The molecule has 2 aromatic heterocycles. The molecule has 0 radical (unpaired) electrons. The number of carbonyl (C=O) groups is 1. The van der Waals surface area contributed by atoms with Crippen molar-refractivity contribution in [2.24, 2.45) is 0 Å². The first kappa shape index (κ1) is 20.3. The normalized spacial score (nSPS) is 15.6. The summed E-state index contributed by atoms with van der Waals surface area (Å²) in [6.07, 6.45) is 2.85. The number of aromatic nitrogens is 4. The van der Waals surface area contributed by atoms with E-state index in [0.29, 0.717) is 18.9 Å². The SMILES string of the molecule is CCCc1cc(N2CCN(C(=O)C(C)c3ccccc3)CC2)nc2nnc(CC)n12. The van der Waals surface area contributed by atoms with Crippen LogP contribution in [0.1, 0.15) is 50.2 Å². The fraction of sp³-hybridized carbons (Fsp3) is 0.478. The second-order valence-corrected chi connectivity index (χ2v) is 7.91. The minimum atomic E-state index is -0.119. The molecule has 1 aromatic carbocycles. The molecule has 3 heterocycles. The maximum absolute atomic E-state index is 13.0. The van der Waals surface area contributed by atoms with Crippen LogP contribution in [0.15, 0.2) is 36.4 Å². The Balaban J connectivity index is 1.49. The molecule has 1 aliphatic heterocycles. The van der Waals surface area contributed by atoms with Crippen LogP contribution in [0.4, 0.5) is 5.82 Å². The number of amides is 1. The van der Waals surface area contributed by atoms with Gasteiger partial charge in [0.15, 0.2) is 0 Å². The zero-order valence-corrected chi connectivity index (χ0v) is 18.1. The monoisotopic (exact) mass is 406 g/mol. The average Bonchev–Trinajstić information content (AvgIpc) is 3.22. The lowest BCUT2D eigenvalue weighted by atomic mass is 9.99. The fourth-order valence-electron chi connectivity index (χ4n) is 4.17. The van der Waals surface area contributed by atoms with E-state index in [0.717, 1.165) is 49.6 Å². The van der Waals surface area contributed by atoms with Gasteiger partial charge in [-0.15, -0.1) is 10.2 Å². The van der Waals surface area contributed by atoms with Gasteiger partial charge < -0.3 is 9.80 Å². The van der Waals surface area contributed by atoms with Crippen molar-refractivity contribution in [3.05, 3.63) is 53.5 Å². The van der Waals surface area contributed by atoms with Crippen molar-refractivity contribution in [1.82, 2.24) is 24.5 Å². The maximum Gasteiger partial charge on any atom is 0.257 e. The van der Waals surface area contributed by atoms with Gasteiger partial charge in [0, 0.05) is 44.4 Å². The van der Waals surface area contributed by atoms with Crippen molar-refractivity contribution in [2.45, 2.75) is 46.0 Å². The molecule has 1 unspecified atom stereocenters. The molecular formula is C23H30N6O. The van der Waals surface area contributed by atoms with Crippen molar-refractivity contribution >= 4 is 17.5 Å². The number of fused-ring (bicyclic) bond motifs is 1. The second kappa shape index (κ2) is 8.81. The predicted octanol–water partition coefficient (Wildman–Crippen LogP) is 3.09. The van der Waals surface area contributed by atoms with Crippen molar-refractivity contribution in [2.75, 3.05) is 31.1 Å². The molecule has 7 nitrogen and oxygen atoms in total. The maximum atomic E-state index is 13.0. The van der Waals surface area contributed by atoms with Crippen LogP contribution < -0.4 is 4.90 Å². The Labute approximate surface area is 177 Å². The molecule has 0 spiro atoms. The third kappa shape index (κ3) is 3.88. The van der Waals surface area contributed by atoms with Crippen LogP contribution in [-0.2, 0) is 17.6 Å². The van der Waals surface area contributed by atoms with Crippen molar-refractivity contribution in [3.63, 3.8) is 0 Å². The molecule has 158 valence electrons. The van der Waals surface area contributed by atoms with Crippen LogP contribution in [0, 0.1) is 0 Å². The summed E-state index contributed by atoms with van der Waals surface area (Å²) < 4.78 is 2.09. The molecule has 1 fully saturated rings. The smallest absolute Gasteiger partial charge is 0.257 e. The Hall–Kier alpha value is -2.96. The predicted molar refractivity (Wildman–Crippen MR) is 118 cm³/mol. The third-order valence-electron chi connectivity index (χ3n) is 5.92. The van der Waals surface area contributed by atoms with Gasteiger partial charge in [-0.25, -0.2) is 0 Å². The van der Waals surface area contributed by atoms with E-state index in [2.05, 4.69) is 39.4 Å². The summed E-state index contributed by atoms with van der Waals surface area (Å²) in [6.45, 7) is 9.23. The Kier molecular flexibility index (Phi) is 5.97. The van der Waals surface area contributed by atoms with Gasteiger partial charge in [0.05, 0.1) is 5.92 Å². The lowest BCUT2D eigenvalue weighted by molar-refractivity contribution is -0.132. The lowest BCUT2D eigenvalue weighted by Gasteiger charge is -2.36. The van der Waals surface area contributed by atoms with Crippen molar-refractivity contribution < 1.29 is 4.79 Å². The number of piperazine rings is 1. The fourth-order valence-corrected chi connectivity index (χ4v) is 4.17. The van der Waals surface area contributed by atoms with Crippen LogP contribution in [0.3, 0.4) is 0 Å². The zero-order valence-electron chi connectivity index (χ0n) is 18.1. The molecule has 0 saturated carbocycles. The molecule has 4 rings (SSSR count). The van der Waals surface area contributed by atoms with Crippen molar-refractivity contribution in [1.29, 1.82) is 0 Å². The van der Waals surface area contributed by atoms with Crippen LogP contribution >= 0.6 is 0 Å². The van der Waals surface area contributed by atoms with Gasteiger partial charge in [-0.05, 0) is 18.9 Å². The number of nitrogens with zero attached hydrogens (tertiary/aromatic N) is 6. The quantitative estimate of drug-likeness (QED) is 0.629. The Morgan fingerprint density at radius 3 is 2.47 bits per heavy atom. The number of aryl methyl sites for hydroxylation is 2. The molecule has 30 heavy (non-hydrogen) atoms. The number of hydrogen-bond acceptors (Lipinski definition) is 5. The van der Waals surface area contributed by atoms with E-state index in [1.807, 2.05) is 42.2 Å². The molecule has 0 N–H and O–H groups in total. The Morgan fingerprint density at radius 2 is 1.80 bits per heavy atom. The van der Waals surface area contributed by atoms with E-state index in [1.165, 1.54) is 5.69 Å². The summed E-state index contributed by atoms with van der Waals surface area (Å²) in [5, 5.41) is 8.60. The highest BCUT2D eigenvalue weighted by atomic mass is 16.2. The van der Waals surface area contributed by atoms with E-state index in [4.69, 9.17) is 4.98 Å². The van der Waals surface area contributed by atoms with Crippen LogP contribution in [0.2, 0.25) is 0 Å². The highest BCUT2D eigenvalue weighted by Crippen LogP contribution is 2.22. The standard InChI is InChI=1S/C23H30N6O/c1-4-9-19-16-21(24-23-26-25-20(5-2)29(19)23)27-12-14-28(15-13-27)22(30)17(3)18-10-7-6-8-11-18/h6-8,10-11,16-17H,4-5,9,12-15H2,1-3H3. The number of anilines is 1. The third-order valence-corrected chi connectivity index (χ3v) is 5.92. The van der Waals surface area contributed by atoms with Gasteiger partial charge in [-0.3, -0.25) is 9.20 Å². The Morgan fingerprint density at radius 1 is 1.07 bits per heavy atom. The first-order valence-corrected chi connectivity index (χ1v) is 10.9. The highest BCUT2D eigenvalue weighted by molar-refractivity contribution is 5.83. The second-order valence-electron chi connectivity index (χ2n) is 7.91. The molecular weight excluding hydrogens is 376 g/mol. The molecule has 1 saturated heterocycles. The highest BCUT2D eigenvalue weighted by Gasteiger charge is 2.27. The molecule has 0 bridgehead atoms. The van der Waals surface area contributed by atoms with Gasteiger partial charge >= 0.3 is 0 Å². The molecule has 1 amide bonds. The molecule has 0 aliphatic carbocycles. The van der Waals surface area contributed by atoms with E-state index >= 15 is 0 Å². The van der Waals surface area contributed by atoms with Crippen LogP contribution in [0.25, 0.3) is 5.78 Å². The summed E-state index contributed by atoms with van der Waals surface area (Å²) in [7, 11) is 0. The van der Waals surface area contributed by atoms with E-state index in [-0.39, 0.29) is 11.8 Å². The minimum Gasteiger partial charge on any atom is -0.353 e. The number of hydrogen-bond donors (Lipinski definition) is 0. The first-order valence-electron chi connectivity index (χ1n) is 10.9. The average molecular weight is 407 g/mol. The minimum absolute atomic E-state index is 0.119. The summed E-state index contributed by atoms with van der Waals surface area (Å²) >= 11 is 0. The Bertz CT molecular complexity index is 1010. The molecule has 1 aliphatic rings.